The van der Waals surface area contributed by atoms with Crippen LogP contribution >= 0.6 is 0 Å². The van der Waals surface area contributed by atoms with Crippen molar-refractivity contribution in [3.05, 3.63) is 35.6 Å². The summed E-state index contributed by atoms with van der Waals surface area (Å²) >= 11 is 0. The number of nitrogens with one attached hydrogen (secondary N) is 1. The van der Waals surface area contributed by atoms with E-state index in [0.717, 1.165) is 5.56 Å². The standard InChI is InChI=1S/C14H18FN3O2/c1-11(19)17-5-7-18(8-6-17)14(20)16-10-12-3-2-4-13(15)9-12/h2-4,9H,5-8,10H2,1H3,(H,16,20). The summed E-state index contributed by atoms with van der Waals surface area (Å²) in [6.45, 7) is 3.98. The van der Waals surface area contributed by atoms with Gasteiger partial charge >= 0.3 is 6.03 Å². The molecule has 1 heterocycles. The quantitative estimate of drug-likeness (QED) is 0.884. The summed E-state index contributed by atoms with van der Waals surface area (Å²) in [5, 5.41) is 2.76. The maximum Gasteiger partial charge on any atom is 0.317 e. The monoisotopic (exact) mass is 279 g/mol. The lowest BCUT2D eigenvalue weighted by molar-refractivity contribution is -0.130. The number of carbonyl (C=O) groups is 2. The number of hydrogen-bond acceptors (Lipinski definition) is 2. The van der Waals surface area contributed by atoms with Gasteiger partial charge in [0.2, 0.25) is 5.91 Å². The van der Waals surface area contributed by atoms with Gasteiger partial charge in [-0.05, 0) is 17.7 Å². The van der Waals surface area contributed by atoms with Crippen molar-refractivity contribution in [2.24, 2.45) is 0 Å². The number of nitrogens with zero attached hydrogens (tertiary/aromatic N) is 2. The molecule has 0 radical (unpaired) electrons. The van der Waals surface area contributed by atoms with Crippen molar-refractivity contribution in [3.63, 3.8) is 0 Å². The average molecular weight is 279 g/mol. The third kappa shape index (κ3) is 3.69. The second-order valence-corrected chi connectivity index (χ2v) is 4.78. The lowest BCUT2D eigenvalue weighted by Gasteiger charge is -2.34. The minimum atomic E-state index is -0.313. The molecule has 1 aromatic carbocycles. The summed E-state index contributed by atoms with van der Waals surface area (Å²) < 4.78 is 13.0. The van der Waals surface area contributed by atoms with Gasteiger partial charge in [-0.3, -0.25) is 4.79 Å². The first-order chi connectivity index (χ1) is 9.56. The first kappa shape index (κ1) is 14.3. The van der Waals surface area contributed by atoms with Gasteiger partial charge in [0.05, 0.1) is 0 Å². The minimum Gasteiger partial charge on any atom is -0.339 e. The Balaban J connectivity index is 1.80. The van der Waals surface area contributed by atoms with Crippen LogP contribution in [0.4, 0.5) is 9.18 Å². The van der Waals surface area contributed by atoms with Crippen LogP contribution in [0.5, 0.6) is 0 Å². The van der Waals surface area contributed by atoms with E-state index in [1.807, 2.05) is 0 Å². The molecule has 1 aliphatic heterocycles. The van der Waals surface area contributed by atoms with Gasteiger partial charge in [-0.15, -0.1) is 0 Å². The molecule has 1 N–H and O–H groups in total. The smallest absolute Gasteiger partial charge is 0.317 e. The molecule has 1 aliphatic rings. The lowest BCUT2D eigenvalue weighted by Crippen LogP contribution is -2.52. The van der Waals surface area contributed by atoms with Crippen LogP contribution in [0, 0.1) is 5.82 Å². The number of amides is 3. The number of benzene rings is 1. The maximum atomic E-state index is 13.0. The lowest BCUT2D eigenvalue weighted by atomic mass is 10.2. The molecule has 1 aromatic rings. The number of halogens is 1. The van der Waals surface area contributed by atoms with Crippen molar-refractivity contribution in [3.8, 4) is 0 Å². The number of rotatable bonds is 2. The van der Waals surface area contributed by atoms with Crippen LogP contribution in [0.3, 0.4) is 0 Å². The van der Waals surface area contributed by atoms with Crippen molar-refractivity contribution in [2.45, 2.75) is 13.5 Å². The molecule has 5 nitrogen and oxygen atoms in total. The van der Waals surface area contributed by atoms with Crippen LogP contribution in [-0.2, 0) is 11.3 Å². The molecule has 0 unspecified atom stereocenters. The van der Waals surface area contributed by atoms with Gasteiger partial charge in [-0.1, -0.05) is 12.1 Å². The van der Waals surface area contributed by atoms with Crippen LogP contribution in [-0.4, -0.2) is 47.9 Å². The van der Waals surface area contributed by atoms with E-state index in [2.05, 4.69) is 5.32 Å². The van der Waals surface area contributed by atoms with Gasteiger partial charge in [0.1, 0.15) is 5.82 Å². The van der Waals surface area contributed by atoms with Crippen molar-refractivity contribution in [2.75, 3.05) is 26.2 Å². The molecular weight excluding hydrogens is 261 g/mol. The van der Waals surface area contributed by atoms with Crippen molar-refractivity contribution in [1.82, 2.24) is 15.1 Å². The second-order valence-electron chi connectivity index (χ2n) is 4.78. The van der Waals surface area contributed by atoms with Crippen molar-refractivity contribution >= 4 is 11.9 Å². The highest BCUT2D eigenvalue weighted by Gasteiger charge is 2.21. The summed E-state index contributed by atoms with van der Waals surface area (Å²) in [6.07, 6.45) is 0. The summed E-state index contributed by atoms with van der Waals surface area (Å²) in [4.78, 5) is 26.5. The molecule has 1 saturated heterocycles. The fourth-order valence-corrected chi connectivity index (χ4v) is 2.16. The molecule has 6 heteroatoms. The van der Waals surface area contributed by atoms with Crippen molar-refractivity contribution in [1.29, 1.82) is 0 Å². The zero-order chi connectivity index (χ0) is 14.5. The topological polar surface area (TPSA) is 52.7 Å². The van der Waals surface area contributed by atoms with Gasteiger partial charge in [0, 0.05) is 39.6 Å². The predicted molar refractivity (Wildman–Crippen MR) is 72.5 cm³/mol. The Morgan fingerprint density at radius 3 is 2.45 bits per heavy atom. The van der Waals surface area contributed by atoms with Crippen LogP contribution in [0.1, 0.15) is 12.5 Å². The number of hydrogen-bond donors (Lipinski definition) is 1. The van der Waals surface area contributed by atoms with E-state index >= 15 is 0 Å². The molecule has 0 bridgehead atoms. The second kappa shape index (κ2) is 6.36. The average Bonchev–Trinajstić information content (AvgIpc) is 2.45. The number of piperazine rings is 1. The van der Waals surface area contributed by atoms with Gasteiger partial charge in [-0.2, -0.15) is 0 Å². The molecule has 2 rings (SSSR count). The summed E-state index contributed by atoms with van der Waals surface area (Å²) in [6, 6.07) is 5.96. The van der Waals surface area contributed by atoms with E-state index in [0.29, 0.717) is 32.7 Å². The third-order valence-corrected chi connectivity index (χ3v) is 3.34. The van der Waals surface area contributed by atoms with E-state index in [4.69, 9.17) is 0 Å². The first-order valence-electron chi connectivity index (χ1n) is 6.59. The SMILES string of the molecule is CC(=O)N1CCN(C(=O)NCc2cccc(F)c2)CC1. The van der Waals surface area contributed by atoms with E-state index in [-0.39, 0.29) is 17.8 Å². The Labute approximate surface area is 117 Å². The normalized spacial score (nSPS) is 15.1. The van der Waals surface area contributed by atoms with Gasteiger partial charge in [0.15, 0.2) is 0 Å². The van der Waals surface area contributed by atoms with E-state index < -0.39 is 0 Å². The fourth-order valence-electron chi connectivity index (χ4n) is 2.16. The highest BCUT2D eigenvalue weighted by atomic mass is 19.1. The molecule has 3 amide bonds. The molecular formula is C14H18FN3O2. The highest BCUT2D eigenvalue weighted by Crippen LogP contribution is 2.05. The zero-order valence-corrected chi connectivity index (χ0v) is 11.4. The van der Waals surface area contributed by atoms with E-state index in [1.165, 1.54) is 19.1 Å². The summed E-state index contributed by atoms with van der Waals surface area (Å²) in [5.41, 5.74) is 0.723. The Hall–Kier alpha value is -2.11. The van der Waals surface area contributed by atoms with Gasteiger partial charge in [-0.25, -0.2) is 9.18 Å². The molecule has 0 aromatic heterocycles. The Morgan fingerprint density at radius 1 is 1.20 bits per heavy atom. The highest BCUT2D eigenvalue weighted by molar-refractivity contribution is 5.76. The minimum absolute atomic E-state index is 0.0322. The molecule has 0 atom stereocenters. The summed E-state index contributed by atoms with van der Waals surface area (Å²) in [5.74, 6) is -0.281. The molecule has 1 fully saturated rings. The predicted octanol–water partition coefficient (Wildman–Crippen LogP) is 1.20. The fraction of sp³-hybridized carbons (Fsp3) is 0.429. The summed E-state index contributed by atoms with van der Waals surface area (Å²) in [7, 11) is 0. The van der Waals surface area contributed by atoms with Crippen LogP contribution in [0.15, 0.2) is 24.3 Å². The third-order valence-electron chi connectivity index (χ3n) is 3.34. The molecule has 0 aliphatic carbocycles. The number of carbonyl (C=O) groups excluding carboxylic acids is 2. The Kier molecular flexibility index (Phi) is 4.55. The molecule has 0 spiro atoms. The van der Waals surface area contributed by atoms with Crippen LogP contribution in [0.2, 0.25) is 0 Å². The zero-order valence-electron chi connectivity index (χ0n) is 11.4. The Bertz CT molecular complexity index is 499. The molecule has 0 saturated carbocycles. The maximum absolute atomic E-state index is 13.0. The Morgan fingerprint density at radius 2 is 1.85 bits per heavy atom. The van der Waals surface area contributed by atoms with Crippen LogP contribution < -0.4 is 5.32 Å². The van der Waals surface area contributed by atoms with Crippen molar-refractivity contribution < 1.29 is 14.0 Å². The van der Waals surface area contributed by atoms with Gasteiger partial charge in [0.25, 0.3) is 0 Å². The van der Waals surface area contributed by atoms with Crippen LogP contribution in [0.25, 0.3) is 0 Å². The largest absolute Gasteiger partial charge is 0.339 e. The van der Waals surface area contributed by atoms with Gasteiger partial charge < -0.3 is 15.1 Å². The number of urea groups is 1. The van der Waals surface area contributed by atoms with E-state index in [1.54, 1.807) is 21.9 Å². The molecule has 20 heavy (non-hydrogen) atoms. The first-order valence-corrected chi connectivity index (χ1v) is 6.59. The van der Waals surface area contributed by atoms with E-state index in [9.17, 15) is 14.0 Å². The molecule has 108 valence electrons.